The summed E-state index contributed by atoms with van der Waals surface area (Å²) in [7, 11) is 0. The van der Waals surface area contributed by atoms with Crippen LogP contribution in [0, 0.1) is 5.92 Å². The molecule has 0 bridgehead atoms. The van der Waals surface area contributed by atoms with Crippen LogP contribution in [0.15, 0.2) is 12.1 Å². The van der Waals surface area contributed by atoms with Crippen molar-refractivity contribution in [2.75, 3.05) is 6.61 Å². The fraction of sp³-hybridized carbons (Fsp3) is 0.636. The highest BCUT2D eigenvalue weighted by atomic mass is 32.1. The van der Waals surface area contributed by atoms with Gasteiger partial charge in [0.2, 0.25) is 0 Å². The van der Waals surface area contributed by atoms with Gasteiger partial charge in [0, 0.05) is 16.4 Å². The number of thiophene rings is 1. The minimum absolute atomic E-state index is 0.315. The number of rotatable bonds is 5. The maximum Gasteiger partial charge on any atom is 0.0462 e. The second-order valence-electron chi connectivity index (χ2n) is 3.38. The Hall–Kier alpha value is -0.340. The quantitative estimate of drug-likeness (QED) is 0.771. The monoisotopic (exact) mass is 198 g/mol. The average Bonchev–Trinajstić information content (AvgIpc) is 2.61. The van der Waals surface area contributed by atoms with Crippen LogP contribution >= 0.6 is 11.3 Å². The number of aryl methyl sites for hydroxylation is 1. The highest BCUT2D eigenvalue weighted by molar-refractivity contribution is 7.11. The highest BCUT2D eigenvalue weighted by Crippen LogP contribution is 2.21. The average molecular weight is 198 g/mol. The van der Waals surface area contributed by atoms with Gasteiger partial charge in [-0.25, -0.2) is 0 Å². The molecule has 0 aliphatic carbocycles. The third-order valence-corrected chi connectivity index (χ3v) is 3.64. The second kappa shape index (κ2) is 5.40. The Morgan fingerprint density at radius 2 is 2.00 bits per heavy atom. The topological polar surface area (TPSA) is 20.2 Å². The Labute approximate surface area is 84.4 Å². The summed E-state index contributed by atoms with van der Waals surface area (Å²) >= 11 is 1.88. The number of aliphatic hydroxyl groups excluding tert-OH is 1. The van der Waals surface area contributed by atoms with Crippen molar-refractivity contribution in [3.8, 4) is 0 Å². The molecule has 1 heterocycles. The van der Waals surface area contributed by atoms with E-state index in [0.29, 0.717) is 12.5 Å². The first-order valence-electron chi connectivity index (χ1n) is 4.98. The van der Waals surface area contributed by atoms with Crippen molar-refractivity contribution in [2.45, 2.75) is 33.1 Å². The van der Waals surface area contributed by atoms with E-state index in [1.807, 2.05) is 11.3 Å². The summed E-state index contributed by atoms with van der Waals surface area (Å²) in [6, 6.07) is 4.39. The van der Waals surface area contributed by atoms with Gasteiger partial charge in [-0.1, -0.05) is 20.3 Å². The zero-order valence-electron chi connectivity index (χ0n) is 8.42. The molecule has 0 aromatic carbocycles. The van der Waals surface area contributed by atoms with Gasteiger partial charge in [0.15, 0.2) is 0 Å². The molecule has 0 fully saturated rings. The van der Waals surface area contributed by atoms with Crippen molar-refractivity contribution in [3.05, 3.63) is 21.9 Å². The predicted octanol–water partition coefficient (Wildman–Crippen LogP) is 2.87. The summed E-state index contributed by atoms with van der Waals surface area (Å²) < 4.78 is 0. The van der Waals surface area contributed by atoms with Crippen molar-refractivity contribution < 1.29 is 5.11 Å². The molecule has 0 radical (unpaired) electrons. The predicted molar refractivity (Wildman–Crippen MR) is 58.3 cm³/mol. The molecular weight excluding hydrogens is 180 g/mol. The molecule has 1 aromatic rings. The summed E-state index contributed by atoms with van der Waals surface area (Å²) in [4.78, 5) is 2.86. The van der Waals surface area contributed by atoms with Crippen LogP contribution in [0.4, 0.5) is 0 Å². The van der Waals surface area contributed by atoms with Gasteiger partial charge in [-0.05, 0) is 30.9 Å². The molecule has 0 aliphatic heterocycles. The van der Waals surface area contributed by atoms with Crippen molar-refractivity contribution in [1.29, 1.82) is 0 Å². The van der Waals surface area contributed by atoms with Gasteiger partial charge in [-0.3, -0.25) is 0 Å². The fourth-order valence-electron chi connectivity index (χ4n) is 1.34. The van der Waals surface area contributed by atoms with Gasteiger partial charge in [0.25, 0.3) is 0 Å². The van der Waals surface area contributed by atoms with E-state index in [-0.39, 0.29) is 0 Å². The Kier molecular flexibility index (Phi) is 4.46. The van der Waals surface area contributed by atoms with Crippen molar-refractivity contribution in [1.82, 2.24) is 0 Å². The van der Waals surface area contributed by atoms with E-state index in [1.54, 1.807) is 0 Å². The van der Waals surface area contributed by atoms with Crippen LogP contribution in [-0.2, 0) is 12.8 Å². The summed E-state index contributed by atoms with van der Waals surface area (Å²) in [5.41, 5.74) is 0. The molecule has 0 aliphatic rings. The number of aliphatic hydroxyl groups is 1. The minimum atomic E-state index is 0.315. The van der Waals surface area contributed by atoms with Crippen LogP contribution in [0.1, 0.15) is 30.0 Å². The maximum atomic E-state index is 9.06. The van der Waals surface area contributed by atoms with E-state index < -0.39 is 0 Å². The van der Waals surface area contributed by atoms with Crippen molar-refractivity contribution in [2.24, 2.45) is 5.92 Å². The highest BCUT2D eigenvalue weighted by Gasteiger charge is 2.07. The SMILES string of the molecule is CCc1ccc(CC(CC)CO)s1. The zero-order valence-corrected chi connectivity index (χ0v) is 9.23. The summed E-state index contributed by atoms with van der Waals surface area (Å²) in [5, 5.41) is 9.06. The van der Waals surface area contributed by atoms with Gasteiger partial charge in [0.1, 0.15) is 0 Å². The molecule has 1 nitrogen and oxygen atoms in total. The summed E-state index contributed by atoms with van der Waals surface area (Å²) in [6.07, 6.45) is 3.23. The minimum Gasteiger partial charge on any atom is -0.396 e. The molecule has 13 heavy (non-hydrogen) atoms. The molecule has 0 saturated carbocycles. The van der Waals surface area contributed by atoms with Crippen LogP contribution in [-0.4, -0.2) is 11.7 Å². The smallest absolute Gasteiger partial charge is 0.0462 e. The molecule has 1 rings (SSSR count). The van der Waals surface area contributed by atoms with Crippen molar-refractivity contribution >= 4 is 11.3 Å². The van der Waals surface area contributed by atoms with E-state index in [2.05, 4.69) is 26.0 Å². The van der Waals surface area contributed by atoms with E-state index in [9.17, 15) is 0 Å². The van der Waals surface area contributed by atoms with E-state index in [4.69, 9.17) is 5.11 Å². The molecular formula is C11H18OS. The Morgan fingerprint density at radius 1 is 1.31 bits per heavy atom. The molecule has 2 heteroatoms. The largest absolute Gasteiger partial charge is 0.396 e. The first-order valence-corrected chi connectivity index (χ1v) is 5.80. The summed E-state index contributed by atoms with van der Waals surface area (Å²) in [6.45, 7) is 4.63. The van der Waals surface area contributed by atoms with Gasteiger partial charge in [-0.2, -0.15) is 0 Å². The lowest BCUT2D eigenvalue weighted by molar-refractivity contribution is 0.222. The van der Waals surface area contributed by atoms with Crippen LogP contribution < -0.4 is 0 Å². The molecule has 0 amide bonds. The van der Waals surface area contributed by atoms with E-state index >= 15 is 0 Å². The van der Waals surface area contributed by atoms with Crippen LogP contribution in [0.3, 0.4) is 0 Å². The molecule has 0 spiro atoms. The van der Waals surface area contributed by atoms with Gasteiger partial charge in [-0.15, -0.1) is 11.3 Å². The summed E-state index contributed by atoms with van der Waals surface area (Å²) in [5.74, 6) is 0.448. The lowest BCUT2D eigenvalue weighted by atomic mass is 10.0. The van der Waals surface area contributed by atoms with Gasteiger partial charge >= 0.3 is 0 Å². The third-order valence-electron chi connectivity index (χ3n) is 2.39. The number of hydrogen-bond acceptors (Lipinski definition) is 2. The van der Waals surface area contributed by atoms with E-state index in [0.717, 1.165) is 19.3 Å². The molecule has 1 unspecified atom stereocenters. The molecule has 1 atom stereocenters. The van der Waals surface area contributed by atoms with Gasteiger partial charge < -0.3 is 5.11 Å². The fourth-order valence-corrected chi connectivity index (χ4v) is 2.42. The van der Waals surface area contributed by atoms with Crippen LogP contribution in [0.2, 0.25) is 0 Å². The Morgan fingerprint density at radius 3 is 2.46 bits per heavy atom. The van der Waals surface area contributed by atoms with Crippen molar-refractivity contribution in [3.63, 3.8) is 0 Å². The Bertz CT molecular complexity index is 238. The standard InChI is InChI=1S/C11H18OS/c1-3-9(8-12)7-11-6-5-10(4-2)13-11/h5-6,9,12H,3-4,7-8H2,1-2H3. The van der Waals surface area contributed by atoms with Crippen LogP contribution in [0.25, 0.3) is 0 Å². The molecule has 1 aromatic heterocycles. The Balaban J connectivity index is 2.52. The lowest BCUT2D eigenvalue weighted by Crippen LogP contribution is -2.06. The molecule has 0 saturated heterocycles. The zero-order chi connectivity index (χ0) is 9.68. The first kappa shape index (κ1) is 10.7. The third kappa shape index (κ3) is 3.12. The lowest BCUT2D eigenvalue weighted by Gasteiger charge is -2.08. The number of hydrogen-bond donors (Lipinski definition) is 1. The molecule has 1 N–H and O–H groups in total. The van der Waals surface area contributed by atoms with E-state index in [1.165, 1.54) is 9.75 Å². The second-order valence-corrected chi connectivity index (χ2v) is 4.64. The van der Waals surface area contributed by atoms with Crippen LogP contribution in [0.5, 0.6) is 0 Å². The molecule has 74 valence electrons. The maximum absolute atomic E-state index is 9.06. The first-order chi connectivity index (χ1) is 6.30. The van der Waals surface area contributed by atoms with Gasteiger partial charge in [0.05, 0.1) is 0 Å². The normalized spacial score (nSPS) is 13.2.